The summed E-state index contributed by atoms with van der Waals surface area (Å²) in [7, 11) is 0. The van der Waals surface area contributed by atoms with Crippen LogP contribution < -0.4 is 10.6 Å². The number of amides is 1. The molecule has 1 aromatic heterocycles. The van der Waals surface area contributed by atoms with Crippen molar-refractivity contribution in [3.63, 3.8) is 0 Å². The molecule has 6 nitrogen and oxygen atoms in total. The summed E-state index contributed by atoms with van der Waals surface area (Å²) in [5, 5.41) is 14.7. The van der Waals surface area contributed by atoms with Crippen LogP contribution in [0, 0.1) is 24.1 Å². The molecular weight excluding hydrogens is 357 g/mol. The maximum absolute atomic E-state index is 12.9. The first-order valence-electron chi connectivity index (χ1n) is 8.69. The zero-order chi connectivity index (χ0) is 19.9. The smallest absolute Gasteiger partial charge is 0.274 e. The SMILES string of the molecule is Cc1cc(C(=O)Nc2ccc(C#N)cc2)nc(NCCc2ccc(F)cc2)n1. The van der Waals surface area contributed by atoms with Crippen molar-refractivity contribution in [2.75, 3.05) is 17.2 Å². The van der Waals surface area contributed by atoms with Crippen LogP contribution in [0.4, 0.5) is 16.0 Å². The van der Waals surface area contributed by atoms with E-state index in [1.807, 2.05) is 6.07 Å². The predicted octanol–water partition coefficient (Wildman–Crippen LogP) is 3.70. The summed E-state index contributed by atoms with van der Waals surface area (Å²) >= 11 is 0. The maximum atomic E-state index is 12.9. The van der Waals surface area contributed by atoms with E-state index in [0.29, 0.717) is 35.9 Å². The molecule has 0 spiro atoms. The van der Waals surface area contributed by atoms with Crippen LogP contribution in [0.3, 0.4) is 0 Å². The second-order valence-corrected chi connectivity index (χ2v) is 6.16. The summed E-state index contributed by atoms with van der Waals surface area (Å²) in [5.74, 6) is -0.277. The lowest BCUT2D eigenvalue weighted by Gasteiger charge is -2.09. The average molecular weight is 375 g/mol. The third-order valence-corrected chi connectivity index (χ3v) is 3.97. The first-order valence-corrected chi connectivity index (χ1v) is 8.69. The van der Waals surface area contributed by atoms with Crippen LogP contribution in [0.5, 0.6) is 0 Å². The summed E-state index contributed by atoms with van der Waals surface area (Å²) in [4.78, 5) is 21.0. The van der Waals surface area contributed by atoms with Crippen LogP contribution >= 0.6 is 0 Å². The molecule has 140 valence electrons. The van der Waals surface area contributed by atoms with Crippen molar-refractivity contribution >= 4 is 17.5 Å². The lowest BCUT2D eigenvalue weighted by Crippen LogP contribution is -2.17. The van der Waals surface area contributed by atoms with E-state index in [2.05, 4.69) is 20.6 Å². The minimum Gasteiger partial charge on any atom is -0.354 e. The highest BCUT2D eigenvalue weighted by Crippen LogP contribution is 2.12. The molecule has 0 aliphatic carbocycles. The second-order valence-electron chi connectivity index (χ2n) is 6.16. The maximum Gasteiger partial charge on any atom is 0.274 e. The van der Waals surface area contributed by atoms with Gasteiger partial charge in [-0.15, -0.1) is 0 Å². The number of benzene rings is 2. The molecule has 0 aliphatic rings. The van der Waals surface area contributed by atoms with E-state index >= 15 is 0 Å². The number of nitrogens with one attached hydrogen (secondary N) is 2. The van der Waals surface area contributed by atoms with Gasteiger partial charge >= 0.3 is 0 Å². The third kappa shape index (κ3) is 5.11. The Hall–Kier alpha value is -3.79. The van der Waals surface area contributed by atoms with Crippen LogP contribution in [0.15, 0.2) is 54.6 Å². The number of carbonyl (C=O) groups is 1. The highest BCUT2D eigenvalue weighted by molar-refractivity contribution is 6.03. The number of carbonyl (C=O) groups excluding carboxylic acids is 1. The zero-order valence-electron chi connectivity index (χ0n) is 15.2. The van der Waals surface area contributed by atoms with Gasteiger partial charge < -0.3 is 10.6 Å². The number of halogens is 1. The topological polar surface area (TPSA) is 90.7 Å². The molecule has 0 fully saturated rings. The summed E-state index contributed by atoms with van der Waals surface area (Å²) in [5.41, 5.74) is 2.97. The van der Waals surface area contributed by atoms with Crippen LogP contribution in [0.2, 0.25) is 0 Å². The third-order valence-electron chi connectivity index (χ3n) is 3.97. The van der Waals surface area contributed by atoms with Crippen LogP contribution in [-0.4, -0.2) is 22.4 Å². The Bertz CT molecular complexity index is 1010. The quantitative estimate of drug-likeness (QED) is 0.685. The van der Waals surface area contributed by atoms with Crippen LogP contribution in [0.25, 0.3) is 0 Å². The van der Waals surface area contributed by atoms with Gasteiger partial charge in [0.05, 0.1) is 11.6 Å². The van der Waals surface area contributed by atoms with E-state index in [1.54, 1.807) is 49.4 Å². The number of hydrogen-bond donors (Lipinski definition) is 2. The molecule has 2 aromatic carbocycles. The Balaban J connectivity index is 1.63. The molecule has 0 atom stereocenters. The molecule has 0 bridgehead atoms. The molecule has 28 heavy (non-hydrogen) atoms. The van der Waals surface area contributed by atoms with E-state index in [0.717, 1.165) is 5.56 Å². The largest absolute Gasteiger partial charge is 0.354 e. The highest BCUT2D eigenvalue weighted by atomic mass is 19.1. The number of aromatic nitrogens is 2. The van der Waals surface area contributed by atoms with Crippen molar-refractivity contribution in [1.82, 2.24) is 9.97 Å². The van der Waals surface area contributed by atoms with Gasteiger partial charge in [-0.2, -0.15) is 5.26 Å². The van der Waals surface area contributed by atoms with Crippen LogP contribution in [0.1, 0.15) is 27.3 Å². The van der Waals surface area contributed by atoms with Gasteiger partial charge in [-0.3, -0.25) is 4.79 Å². The van der Waals surface area contributed by atoms with Gasteiger partial charge in [0.15, 0.2) is 0 Å². The van der Waals surface area contributed by atoms with Gasteiger partial charge in [-0.25, -0.2) is 14.4 Å². The molecule has 1 heterocycles. The average Bonchev–Trinajstić information content (AvgIpc) is 2.69. The monoisotopic (exact) mass is 375 g/mol. The predicted molar refractivity (Wildman–Crippen MR) is 104 cm³/mol. The van der Waals surface area contributed by atoms with Gasteiger partial charge in [0.1, 0.15) is 11.5 Å². The Morgan fingerprint density at radius 2 is 1.82 bits per heavy atom. The fourth-order valence-electron chi connectivity index (χ4n) is 2.56. The molecule has 2 N–H and O–H groups in total. The second kappa shape index (κ2) is 8.73. The van der Waals surface area contributed by atoms with Crippen molar-refractivity contribution in [3.8, 4) is 6.07 Å². The first-order chi connectivity index (χ1) is 13.5. The van der Waals surface area contributed by atoms with Crippen LogP contribution in [-0.2, 0) is 6.42 Å². The number of rotatable bonds is 6. The van der Waals surface area contributed by atoms with Gasteiger partial charge in [0.25, 0.3) is 5.91 Å². The molecule has 0 unspecified atom stereocenters. The van der Waals surface area contributed by atoms with Crippen molar-refractivity contribution in [1.29, 1.82) is 5.26 Å². The van der Waals surface area contributed by atoms with Gasteiger partial charge in [0, 0.05) is 17.9 Å². The number of nitrogens with zero attached hydrogens (tertiary/aromatic N) is 3. The molecule has 0 aliphatic heterocycles. The van der Waals surface area contributed by atoms with Gasteiger partial charge in [-0.1, -0.05) is 12.1 Å². The molecule has 7 heteroatoms. The summed E-state index contributed by atoms with van der Waals surface area (Å²) in [6.45, 7) is 2.33. The van der Waals surface area contributed by atoms with Crippen molar-refractivity contribution in [2.24, 2.45) is 0 Å². The molecule has 0 saturated heterocycles. The fourth-order valence-corrected chi connectivity index (χ4v) is 2.56. The van der Waals surface area contributed by atoms with E-state index in [-0.39, 0.29) is 17.4 Å². The molecule has 0 radical (unpaired) electrons. The lowest BCUT2D eigenvalue weighted by atomic mass is 10.1. The van der Waals surface area contributed by atoms with Crippen molar-refractivity contribution in [3.05, 3.63) is 82.9 Å². The summed E-state index contributed by atoms with van der Waals surface area (Å²) < 4.78 is 12.9. The number of anilines is 2. The number of nitriles is 1. The molecule has 0 saturated carbocycles. The fraction of sp³-hybridized carbons (Fsp3) is 0.143. The minimum absolute atomic E-state index is 0.237. The van der Waals surface area contributed by atoms with E-state index in [9.17, 15) is 9.18 Å². The standard InChI is InChI=1S/C21H18FN5O/c1-14-12-19(20(28)26-18-8-4-16(13-23)5-9-18)27-21(25-14)24-11-10-15-2-6-17(22)7-3-15/h2-9,12H,10-11H2,1H3,(H,26,28)(H,24,25,27). The molecular formula is C21H18FN5O. The Labute approximate surface area is 162 Å². The summed E-state index contributed by atoms with van der Waals surface area (Å²) in [6, 6.07) is 16.5. The highest BCUT2D eigenvalue weighted by Gasteiger charge is 2.11. The van der Waals surface area contributed by atoms with Gasteiger partial charge in [0.2, 0.25) is 5.95 Å². The number of aryl methyl sites for hydroxylation is 1. The van der Waals surface area contributed by atoms with E-state index in [1.165, 1.54) is 12.1 Å². The van der Waals surface area contributed by atoms with Crippen molar-refractivity contribution < 1.29 is 9.18 Å². The molecule has 1 amide bonds. The Morgan fingerprint density at radius 1 is 1.11 bits per heavy atom. The summed E-state index contributed by atoms with van der Waals surface area (Å²) in [6.07, 6.45) is 0.671. The van der Waals surface area contributed by atoms with Gasteiger partial charge in [-0.05, 0) is 61.4 Å². The Morgan fingerprint density at radius 3 is 2.50 bits per heavy atom. The normalized spacial score (nSPS) is 10.2. The first kappa shape index (κ1) is 19.0. The lowest BCUT2D eigenvalue weighted by molar-refractivity contribution is 0.102. The van der Waals surface area contributed by atoms with E-state index in [4.69, 9.17) is 5.26 Å². The van der Waals surface area contributed by atoms with E-state index < -0.39 is 0 Å². The Kier molecular flexibility index (Phi) is 5.92. The molecule has 3 aromatic rings. The minimum atomic E-state index is -0.364. The zero-order valence-corrected chi connectivity index (χ0v) is 15.2. The number of hydrogen-bond acceptors (Lipinski definition) is 5. The van der Waals surface area contributed by atoms with Crippen molar-refractivity contribution in [2.45, 2.75) is 13.3 Å². The molecule has 3 rings (SSSR count).